The fourth-order valence-electron chi connectivity index (χ4n) is 2.77. The third kappa shape index (κ3) is 1.60. The molecular weight excluding hydrogens is 284 g/mol. The van der Waals surface area contributed by atoms with Gasteiger partial charge < -0.3 is 20.9 Å². The standard InChI is InChI=1S/C16H14N2O4/c1-21-15-11(17)9-10(12(18)16(15)22-2)14(20)8-6-4-3-5-7(8)13(9)19/h3-6H,17-18H2,1-2H3. The molecule has 0 aliphatic heterocycles. The van der Waals surface area contributed by atoms with E-state index in [1.165, 1.54) is 14.2 Å². The lowest BCUT2D eigenvalue weighted by Gasteiger charge is -2.23. The molecule has 1 aliphatic rings. The van der Waals surface area contributed by atoms with E-state index in [0.29, 0.717) is 11.1 Å². The summed E-state index contributed by atoms with van der Waals surface area (Å²) in [5.41, 5.74) is 12.9. The Morgan fingerprint density at radius 3 is 1.45 bits per heavy atom. The van der Waals surface area contributed by atoms with Gasteiger partial charge in [0.1, 0.15) is 0 Å². The van der Waals surface area contributed by atoms with Crippen LogP contribution in [0.1, 0.15) is 31.8 Å². The number of fused-ring (bicyclic) bond motifs is 2. The number of anilines is 2. The molecular formula is C16H14N2O4. The minimum Gasteiger partial charge on any atom is -0.491 e. The minimum absolute atomic E-state index is 0.0522. The van der Waals surface area contributed by atoms with Gasteiger partial charge >= 0.3 is 0 Å². The van der Waals surface area contributed by atoms with E-state index >= 15 is 0 Å². The molecule has 4 N–H and O–H groups in total. The fourth-order valence-corrected chi connectivity index (χ4v) is 2.77. The maximum atomic E-state index is 12.7. The predicted octanol–water partition coefficient (Wildman–Crippen LogP) is 1.64. The van der Waals surface area contributed by atoms with Crippen molar-refractivity contribution in [3.05, 3.63) is 46.5 Å². The van der Waals surface area contributed by atoms with Crippen LogP contribution in [0.4, 0.5) is 11.4 Å². The first-order valence-electron chi connectivity index (χ1n) is 6.54. The molecule has 0 saturated heterocycles. The lowest BCUT2D eigenvalue weighted by atomic mass is 9.82. The first-order chi connectivity index (χ1) is 10.5. The Kier molecular flexibility index (Phi) is 3.02. The third-order valence-electron chi connectivity index (χ3n) is 3.76. The van der Waals surface area contributed by atoms with Gasteiger partial charge in [-0.05, 0) is 0 Å². The molecule has 0 atom stereocenters. The van der Waals surface area contributed by atoms with E-state index in [1.54, 1.807) is 24.3 Å². The van der Waals surface area contributed by atoms with E-state index in [1.807, 2.05) is 0 Å². The highest BCUT2D eigenvalue weighted by Crippen LogP contribution is 2.47. The Morgan fingerprint density at radius 2 is 1.14 bits per heavy atom. The highest BCUT2D eigenvalue weighted by molar-refractivity contribution is 6.32. The monoisotopic (exact) mass is 298 g/mol. The fraction of sp³-hybridized carbons (Fsp3) is 0.125. The zero-order valence-corrected chi connectivity index (χ0v) is 12.1. The van der Waals surface area contributed by atoms with E-state index in [9.17, 15) is 9.59 Å². The van der Waals surface area contributed by atoms with Crippen LogP contribution in [-0.2, 0) is 0 Å². The Hall–Kier alpha value is -3.02. The number of carbonyl (C=O) groups is 2. The van der Waals surface area contributed by atoms with E-state index in [4.69, 9.17) is 20.9 Å². The minimum atomic E-state index is -0.352. The second kappa shape index (κ2) is 4.77. The number of nitrogen functional groups attached to an aromatic ring is 2. The predicted molar refractivity (Wildman–Crippen MR) is 81.7 cm³/mol. The van der Waals surface area contributed by atoms with E-state index in [2.05, 4.69) is 0 Å². The van der Waals surface area contributed by atoms with E-state index in [-0.39, 0.29) is 45.6 Å². The van der Waals surface area contributed by atoms with Crippen LogP contribution in [0.25, 0.3) is 0 Å². The average molecular weight is 298 g/mol. The number of benzene rings is 2. The van der Waals surface area contributed by atoms with Gasteiger partial charge in [-0.2, -0.15) is 0 Å². The number of rotatable bonds is 2. The Bertz CT molecular complexity index is 759. The molecule has 3 rings (SSSR count). The Labute approximate surface area is 126 Å². The van der Waals surface area contributed by atoms with Gasteiger partial charge in [0, 0.05) is 11.1 Å². The molecule has 1 aliphatic carbocycles. The maximum Gasteiger partial charge on any atom is 0.196 e. The van der Waals surface area contributed by atoms with Gasteiger partial charge in [0.15, 0.2) is 23.1 Å². The molecule has 0 fully saturated rings. The van der Waals surface area contributed by atoms with Crippen molar-refractivity contribution in [1.29, 1.82) is 0 Å². The van der Waals surface area contributed by atoms with Gasteiger partial charge in [-0.25, -0.2) is 0 Å². The van der Waals surface area contributed by atoms with Crippen molar-refractivity contribution in [3.63, 3.8) is 0 Å². The number of hydrogen-bond donors (Lipinski definition) is 2. The molecule has 112 valence electrons. The number of hydrogen-bond acceptors (Lipinski definition) is 6. The van der Waals surface area contributed by atoms with Crippen molar-refractivity contribution in [1.82, 2.24) is 0 Å². The Balaban J connectivity index is 2.43. The Morgan fingerprint density at radius 1 is 0.773 bits per heavy atom. The summed E-state index contributed by atoms with van der Waals surface area (Å²) in [6.45, 7) is 0. The van der Waals surface area contributed by atoms with Gasteiger partial charge in [-0.15, -0.1) is 0 Å². The molecule has 6 nitrogen and oxygen atoms in total. The molecule has 0 radical (unpaired) electrons. The second-order valence-electron chi connectivity index (χ2n) is 4.85. The molecule has 22 heavy (non-hydrogen) atoms. The van der Waals surface area contributed by atoms with Gasteiger partial charge in [-0.1, -0.05) is 24.3 Å². The van der Waals surface area contributed by atoms with Crippen molar-refractivity contribution in [2.24, 2.45) is 0 Å². The third-order valence-corrected chi connectivity index (χ3v) is 3.76. The summed E-state index contributed by atoms with van der Waals surface area (Å²) in [4.78, 5) is 25.4. The van der Waals surface area contributed by atoms with Crippen LogP contribution in [-0.4, -0.2) is 25.8 Å². The summed E-state index contributed by atoms with van der Waals surface area (Å²) in [7, 11) is 2.78. The van der Waals surface area contributed by atoms with E-state index in [0.717, 1.165) is 0 Å². The van der Waals surface area contributed by atoms with Crippen LogP contribution >= 0.6 is 0 Å². The van der Waals surface area contributed by atoms with Crippen molar-refractivity contribution in [2.45, 2.75) is 0 Å². The molecule has 6 heteroatoms. The molecule has 0 saturated carbocycles. The van der Waals surface area contributed by atoms with Crippen molar-refractivity contribution in [2.75, 3.05) is 25.7 Å². The normalized spacial score (nSPS) is 12.6. The number of nitrogens with two attached hydrogens (primary N) is 2. The molecule has 0 unspecified atom stereocenters. The topological polar surface area (TPSA) is 105 Å². The number of carbonyl (C=O) groups excluding carboxylic acids is 2. The average Bonchev–Trinajstić information content (AvgIpc) is 2.53. The van der Waals surface area contributed by atoms with Crippen LogP contribution in [0, 0.1) is 0 Å². The van der Waals surface area contributed by atoms with Crippen LogP contribution in [0.3, 0.4) is 0 Å². The zero-order chi connectivity index (χ0) is 16.0. The SMILES string of the molecule is COc1c(N)c2c(c(N)c1OC)C(=O)c1ccccc1C2=O. The largest absolute Gasteiger partial charge is 0.491 e. The zero-order valence-electron chi connectivity index (χ0n) is 12.1. The van der Waals surface area contributed by atoms with Crippen LogP contribution in [0.2, 0.25) is 0 Å². The van der Waals surface area contributed by atoms with Gasteiger partial charge in [-0.3, -0.25) is 9.59 Å². The molecule has 2 aromatic carbocycles. The first kappa shape index (κ1) is 13.9. The highest BCUT2D eigenvalue weighted by atomic mass is 16.5. The summed E-state index contributed by atoms with van der Waals surface area (Å²) in [6, 6.07) is 6.56. The van der Waals surface area contributed by atoms with Gasteiger partial charge in [0.2, 0.25) is 0 Å². The highest BCUT2D eigenvalue weighted by Gasteiger charge is 2.36. The molecule has 2 aromatic rings. The van der Waals surface area contributed by atoms with Crippen LogP contribution in [0.15, 0.2) is 24.3 Å². The maximum absolute atomic E-state index is 12.7. The first-order valence-corrected chi connectivity index (χ1v) is 6.54. The van der Waals surface area contributed by atoms with Gasteiger partial charge in [0.05, 0.1) is 36.7 Å². The molecule has 0 aromatic heterocycles. The summed E-state index contributed by atoms with van der Waals surface area (Å²) < 4.78 is 10.4. The summed E-state index contributed by atoms with van der Waals surface area (Å²) >= 11 is 0. The molecule has 0 heterocycles. The quantitative estimate of drug-likeness (QED) is 0.697. The van der Waals surface area contributed by atoms with Crippen LogP contribution in [0.5, 0.6) is 11.5 Å². The van der Waals surface area contributed by atoms with Crippen molar-refractivity contribution < 1.29 is 19.1 Å². The number of ketones is 2. The van der Waals surface area contributed by atoms with Crippen molar-refractivity contribution in [3.8, 4) is 11.5 Å². The molecule has 0 spiro atoms. The number of ether oxygens (including phenoxy) is 2. The summed E-state index contributed by atoms with van der Waals surface area (Å²) in [5, 5.41) is 0. The van der Waals surface area contributed by atoms with Gasteiger partial charge in [0.25, 0.3) is 0 Å². The lowest BCUT2D eigenvalue weighted by Crippen LogP contribution is -2.24. The lowest BCUT2D eigenvalue weighted by molar-refractivity contribution is 0.0980. The molecule has 0 amide bonds. The van der Waals surface area contributed by atoms with E-state index < -0.39 is 0 Å². The molecule has 0 bridgehead atoms. The van der Waals surface area contributed by atoms with Crippen LogP contribution < -0.4 is 20.9 Å². The number of methoxy groups -OCH3 is 2. The summed E-state index contributed by atoms with van der Waals surface area (Å²) in [5.74, 6) is -0.399. The summed E-state index contributed by atoms with van der Waals surface area (Å²) in [6.07, 6.45) is 0. The smallest absolute Gasteiger partial charge is 0.196 e. The van der Waals surface area contributed by atoms with Crippen molar-refractivity contribution >= 4 is 22.9 Å². The second-order valence-corrected chi connectivity index (χ2v) is 4.85.